The van der Waals surface area contributed by atoms with Crippen molar-refractivity contribution in [3.05, 3.63) is 12.2 Å². The Balaban J connectivity index is 2.53. The molecule has 0 saturated carbocycles. The summed E-state index contributed by atoms with van der Waals surface area (Å²) in [5.41, 5.74) is -0.497. The number of Topliss-reactive ketones (excluding diaryl/α,β-unsaturated/α-hetero) is 1. The van der Waals surface area contributed by atoms with E-state index in [9.17, 15) is 4.79 Å². The molecule has 1 fully saturated rings. The second-order valence-electron chi connectivity index (χ2n) is 5.71. The van der Waals surface area contributed by atoms with Gasteiger partial charge >= 0.3 is 0 Å². The third-order valence-corrected chi connectivity index (χ3v) is 4.00. The van der Waals surface area contributed by atoms with Crippen molar-refractivity contribution in [2.24, 2.45) is 10.8 Å². The molecule has 0 aromatic carbocycles. The van der Waals surface area contributed by atoms with Gasteiger partial charge < -0.3 is 0 Å². The molecule has 0 radical (unpaired) electrons. The predicted octanol–water partition coefficient (Wildman–Crippen LogP) is 1.86. The first-order chi connectivity index (χ1) is 6.29. The number of hydrogen-bond acceptors (Lipinski definition) is 2. The normalized spacial score (nSPS) is 39.1. The minimum atomic E-state index is -0.248. The maximum absolute atomic E-state index is 12.3. The van der Waals surface area contributed by atoms with Crippen LogP contribution in [-0.2, 0) is 4.79 Å². The molecule has 78 valence electrons. The topological polar surface area (TPSA) is 20.3 Å². The van der Waals surface area contributed by atoms with Crippen molar-refractivity contribution in [2.45, 2.75) is 39.8 Å². The van der Waals surface area contributed by atoms with Gasteiger partial charge in [-0.3, -0.25) is 9.69 Å². The lowest BCUT2D eigenvalue weighted by Gasteiger charge is -2.50. The number of carbonyl (C=O) groups is 1. The second-order valence-corrected chi connectivity index (χ2v) is 5.71. The molecule has 0 amide bonds. The quantitative estimate of drug-likeness (QED) is 0.547. The standard InChI is InChI=1S/C12H19NO/c1-11(2)8-6-7-9(13(8)5)12(3,4)10(11)14/h6-9H,1-5H3. The van der Waals surface area contributed by atoms with Crippen molar-refractivity contribution in [3.8, 4) is 0 Å². The van der Waals surface area contributed by atoms with Gasteiger partial charge in [0.25, 0.3) is 0 Å². The summed E-state index contributed by atoms with van der Waals surface area (Å²) in [6, 6.07) is 0.570. The maximum atomic E-state index is 12.3. The Kier molecular flexibility index (Phi) is 1.76. The highest BCUT2D eigenvalue weighted by atomic mass is 16.1. The fourth-order valence-corrected chi connectivity index (χ4v) is 3.25. The molecule has 14 heavy (non-hydrogen) atoms. The van der Waals surface area contributed by atoms with Gasteiger partial charge in [-0.15, -0.1) is 0 Å². The van der Waals surface area contributed by atoms with Gasteiger partial charge in [-0.1, -0.05) is 39.8 Å². The lowest BCUT2D eigenvalue weighted by Crippen LogP contribution is -2.61. The van der Waals surface area contributed by atoms with Crippen LogP contribution in [-0.4, -0.2) is 29.8 Å². The van der Waals surface area contributed by atoms with E-state index < -0.39 is 0 Å². The number of carbonyl (C=O) groups excluding carboxylic acids is 1. The van der Waals surface area contributed by atoms with Crippen molar-refractivity contribution in [1.82, 2.24) is 4.90 Å². The molecule has 2 rings (SSSR count). The summed E-state index contributed by atoms with van der Waals surface area (Å²) in [5, 5.41) is 0. The van der Waals surface area contributed by atoms with E-state index in [-0.39, 0.29) is 22.9 Å². The van der Waals surface area contributed by atoms with Crippen LogP contribution in [0.4, 0.5) is 0 Å². The summed E-state index contributed by atoms with van der Waals surface area (Å²) in [4.78, 5) is 14.6. The monoisotopic (exact) mass is 193 g/mol. The average molecular weight is 193 g/mol. The van der Waals surface area contributed by atoms with Crippen molar-refractivity contribution < 1.29 is 4.79 Å². The molecule has 2 unspecified atom stereocenters. The van der Waals surface area contributed by atoms with Gasteiger partial charge in [0.1, 0.15) is 5.78 Å². The maximum Gasteiger partial charge on any atom is 0.147 e. The van der Waals surface area contributed by atoms with Crippen LogP contribution in [0.25, 0.3) is 0 Å². The largest absolute Gasteiger partial charge is 0.298 e. The highest BCUT2D eigenvalue weighted by molar-refractivity contribution is 5.92. The van der Waals surface area contributed by atoms with Gasteiger partial charge in [-0.05, 0) is 7.05 Å². The van der Waals surface area contributed by atoms with Crippen LogP contribution in [0.3, 0.4) is 0 Å². The summed E-state index contributed by atoms with van der Waals surface area (Å²) >= 11 is 0. The van der Waals surface area contributed by atoms with Crippen LogP contribution in [0.5, 0.6) is 0 Å². The molecule has 2 atom stereocenters. The van der Waals surface area contributed by atoms with E-state index in [4.69, 9.17) is 0 Å². The molecule has 2 heteroatoms. The van der Waals surface area contributed by atoms with Gasteiger partial charge in [0.2, 0.25) is 0 Å². The number of ketones is 1. The molecule has 2 nitrogen and oxygen atoms in total. The number of piperidine rings is 1. The molecule has 0 spiro atoms. The molecular weight excluding hydrogens is 174 g/mol. The molecule has 0 N–H and O–H groups in total. The zero-order valence-corrected chi connectivity index (χ0v) is 9.66. The van der Waals surface area contributed by atoms with Crippen molar-refractivity contribution >= 4 is 5.78 Å². The highest BCUT2D eigenvalue weighted by Crippen LogP contribution is 2.47. The Morgan fingerprint density at radius 1 is 1.07 bits per heavy atom. The van der Waals surface area contributed by atoms with Crippen molar-refractivity contribution in [2.75, 3.05) is 7.05 Å². The van der Waals surface area contributed by atoms with E-state index >= 15 is 0 Å². The van der Waals surface area contributed by atoms with Crippen molar-refractivity contribution in [1.29, 1.82) is 0 Å². The van der Waals surface area contributed by atoms with Gasteiger partial charge in [0, 0.05) is 22.9 Å². The number of rotatable bonds is 0. The molecule has 0 aliphatic carbocycles. The lowest BCUT2D eigenvalue weighted by molar-refractivity contribution is -0.148. The average Bonchev–Trinajstić information content (AvgIpc) is 2.42. The molecule has 2 aliphatic heterocycles. The van der Waals surface area contributed by atoms with Gasteiger partial charge in [-0.25, -0.2) is 0 Å². The first-order valence-electron chi connectivity index (χ1n) is 5.25. The summed E-state index contributed by atoms with van der Waals surface area (Å²) in [7, 11) is 2.12. The van der Waals surface area contributed by atoms with E-state index in [1.807, 2.05) is 0 Å². The zero-order valence-electron chi connectivity index (χ0n) is 9.66. The van der Waals surface area contributed by atoms with Crippen LogP contribution in [0.2, 0.25) is 0 Å². The van der Waals surface area contributed by atoms with Gasteiger partial charge in [0.15, 0.2) is 0 Å². The molecule has 2 heterocycles. The first kappa shape index (κ1) is 9.91. The third kappa shape index (κ3) is 0.924. The minimum absolute atomic E-state index is 0.248. The highest BCUT2D eigenvalue weighted by Gasteiger charge is 2.56. The SMILES string of the molecule is CN1C2C=CC1C(C)(C)C(=O)C2(C)C. The number of hydrogen-bond donors (Lipinski definition) is 0. The number of likely N-dealkylation sites (N-methyl/N-ethyl adjacent to an activating group) is 1. The molecule has 2 aliphatic rings. The van der Waals surface area contributed by atoms with Crippen LogP contribution in [0.1, 0.15) is 27.7 Å². The molecular formula is C12H19NO. The van der Waals surface area contributed by atoms with E-state index in [1.165, 1.54) is 0 Å². The number of fused-ring (bicyclic) bond motifs is 2. The first-order valence-corrected chi connectivity index (χ1v) is 5.25. The summed E-state index contributed by atoms with van der Waals surface area (Å²) in [6.07, 6.45) is 4.38. The Labute approximate surface area is 86.0 Å². The van der Waals surface area contributed by atoms with E-state index in [0.29, 0.717) is 5.78 Å². The zero-order chi connectivity index (χ0) is 10.7. The van der Waals surface area contributed by atoms with E-state index in [0.717, 1.165) is 0 Å². The fraction of sp³-hybridized carbons (Fsp3) is 0.750. The van der Waals surface area contributed by atoms with Crippen LogP contribution < -0.4 is 0 Å². The molecule has 2 bridgehead atoms. The van der Waals surface area contributed by atoms with Crippen molar-refractivity contribution in [3.63, 3.8) is 0 Å². The Bertz CT molecular complexity index is 286. The summed E-state index contributed by atoms with van der Waals surface area (Å²) in [5.74, 6) is 0.392. The minimum Gasteiger partial charge on any atom is -0.298 e. The summed E-state index contributed by atoms with van der Waals surface area (Å²) in [6.45, 7) is 8.24. The van der Waals surface area contributed by atoms with E-state index in [1.54, 1.807) is 0 Å². The predicted molar refractivity (Wildman–Crippen MR) is 57.0 cm³/mol. The van der Waals surface area contributed by atoms with Crippen LogP contribution >= 0.6 is 0 Å². The Morgan fingerprint density at radius 2 is 1.43 bits per heavy atom. The van der Waals surface area contributed by atoms with Gasteiger partial charge in [0.05, 0.1) is 0 Å². The van der Waals surface area contributed by atoms with Crippen LogP contribution in [0, 0.1) is 10.8 Å². The van der Waals surface area contributed by atoms with E-state index in [2.05, 4.69) is 51.8 Å². The Morgan fingerprint density at radius 3 is 1.79 bits per heavy atom. The Hall–Kier alpha value is -0.630. The molecule has 0 aromatic rings. The lowest BCUT2D eigenvalue weighted by atomic mass is 9.64. The second kappa shape index (κ2) is 2.48. The third-order valence-electron chi connectivity index (χ3n) is 4.00. The smallest absolute Gasteiger partial charge is 0.147 e. The fourth-order valence-electron chi connectivity index (χ4n) is 3.25. The van der Waals surface area contributed by atoms with Crippen LogP contribution in [0.15, 0.2) is 12.2 Å². The molecule has 1 saturated heterocycles. The van der Waals surface area contributed by atoms with Gasteiger partial charge in [-0.2, -0.15) is 0 Å². The summed E-state index contributed by atoms with van der Waals surface area (Å²) < 4.78 is 0. The number of nitrogens with zero attached hydrogens (tertiary/aromatic N) is 1. The molecule has 0 aromatic heterocycles.